The summed E-state index contributed by atoms with van der Waals surface area (Å²) in [7, 11) is 0. The first kappa shape index (κ1) is 15.1. The maximum Gasteiger partial charge on any atom is 0.259 e. The molecule has 1 atom stereocenters. The molecule has 122 valence electrons. The molecule has 0 unspecified atom stereocenters. The van der Waals surface area contributed by atoms with Crippen LogP contribution in [0, 0.1) is 0 Å². The predicted octanol–water partition coefficient (Wildman–Crippen LogP) is 3.74. The maximum atomic E-state index is 13.1. The van der Waals surface area contributed by atoms with Crippen molar-refractivity contribution >= 4 is 28.1 Å². The van der Waals surface area contributed by atoms with Crippen LogP contribution in [0.1, 0.15) is 40.2 Å². The van der Waals surface area contributed by atoms with Crippen molar-refractivity contribution in [1.29, 1.82) is 0 Å². The number of fused-ring (bicyclic) bond motifs is 2. The summed E-state index contributed by atoms with van der Waals surface area (Å²) in [5.41, 5.74) is 2.02. The summed E-state index contributed by atoms with van der Waals surface area (Å²) >= 11 is 1.75. The number of carbonyl (C=O) groups is 1. The van der Waals surface area contributed by atoms with Crippen molar-refractivity contribution in [2.75, 3.05) is 6.54 Å². The normalized spacial score (nSPS) is 17.0. The minimum Gasteiger partial charge on any atom is -0.360 e. The fourth-order valence-corrected chi connectivity index (χ4v) is 4.49. The molecule has 24 heavy (non-hydrogen) atoms. The van der Waals surface area contributed by atoms with Crippen molar-refractivity contribution in [3.8, 4) is 0 Å². The zero-order valence-electron chi connectivity index (χ0n) is 13.4. The van der Waals surface area contributed by atoms with Crippen molar-refractivity contribution < 1.29 is 4.79 Å². The molecule has 0 saturated heterocycles. The van der Waals surface area contributed by atoms with Crippen LogP contribution in [-0.2, 0) is 6.42 Å². The van der Waals surface area contributed by atoms with E-state index in [1.165, 1.54) is 10.4 Å². The molecular formula is C19H18N2O2S. The second-order valence-electron chi connectivity index (χ2n) is 6.05. The third kappa shape index (κ3) is 2.27. The van der Waals surface area contributed by atoms with Crippen molar-refractivity contribution in [1.82, 2.24) is 9.88 Å². The number of amides is 1. The molecule has 2 aromatic heterocycles. The molecule has 0 bridgehead atoms. The Morgan fingerprint density at radius 2 is 2.17 bits per heavy atom. The van der Waals surface area contributed by atoms with E-state index in [0.717, 1.165) is 18.4 Å². The van der Waals surface area contributed by atoms with Gasteiger partial charge in [0.1, 0.15) is 5.56 Å². The van der Waals surface area contributed by atoms with Gasteiger partial charge in [-0.15, -0.1) is 11.3 Å². The third-order valence-corrected chi connectivity index (χ3v) is 5.76. The summed E-state index contributed by atoms with van der Waals surface area (Å²) in [4.78, 5) is 32.1. The molecular weight excluding hydrogens is 320 g/mol. The lowest BCUT2D eigenvalue weighted by atomic mass is 9.97. The number of aromatic amines is 1. The van der Waals surface area contributed by atoms with Crippen LogP contribution < -0.4 is 5.43 Å². The topological polar surface area (TPSA) is 53.2 Å². The predicted molar refractivity (Wildman–Crippen MR) is 96.7 cm³/mol. The number of pyridine rings is 1. The Labute approximate surface area is 143 Å². The Hall–Kier alpha value is -2.40. The van der Waals surface area contributed by atoms with Crippen LogP contribution in [-0.4, -0.2) is 22.3 Å². The molecule has 3 heterocycles. The van der Waals surface area contributed by atoms with E-state index in [9.17, 15) is 9.59 Å². The molecule has 4 rings (SSSR count). The largest absolute Gasteiger partial charge is 0.360 e. The van der Waals surface area contributed by atoms with Gasteiger partial charge in [0.25, 0.3) is 5.91 Å². The number of hydrogen-bond acceptors (Lipinski definition) is 3. The van der Waals surface area contributed by atoms with E-state index in [4.69, 9.17) is 0 Å². The number of para-hydroxylation sites is 1. The number of carbonyl (C=O) groups excluding carboxylic acids is 1. The van der Waals surface area contributed by atoms with E-state index in [1.54, 1.807) is 23.6 Å². The minimum atomic E-state index is -0.194. The van der Waals surface area contributed by atoms with Crippen molar-refractivity contribution in [2.45, 2.75) is 25.8 Å². The van der Waals surface area contributed by atoms with Crippen LogP contribution in [0.4, 0.5) is 0 Å². The number of hydrogen-bond donors (Lipinski definition) is 1. The highest BCUT2D eigenvalue weighted by molar-refractivity contribution is 7.10. The molecule has 0 saturated carbocycles. The molecule has 0 radical (unpaired) electrons. The van der Waals surface area contributed by atoms with Crippen LogP contribution in [0.25, 0.3) is 10.9 Å². The van der Waals surface area contributed by atoms with Gasteiger partial charge < -0.3 is 9.88 Å². The monoisotopic (exact) mass is 338 g/mol. The van der Waals surface area contributed by atoms with Gasteiger partial charge in [0.05, 0.1) is 6.04 Å². The molecule has 0 spiro atoms. The van der Waals surface area contributed by atoms with E-state index < -0.39 is 0 Å². The SMILES string of the molecule is CC[C@H]1c2ccsc2CCN1C(=O)c1c[nH]c2ccccc2c1=O. The first-order chi connectivity index (χ1) is 11.7. The lowest BCUT2D eigenvalue weighted by Crippen LogP contribution is -2.41. The summed E-state index contributed by atoms with van der Waals surface area (Å²) in [6.45, 7) is 2.75. The first-order valence-corrected chi connectivity index (χ1v) is 9.06. The average molecular weight is 338 g/mol. The van der Waals surface area contributed by atoms with Crippen LogP contribution in [0.15, 0.2) is 46.7 Å². The van der Waals surface area contributed by atoms with Crippen molar-refractivity contribution in [2.24, 2.45) is 0 Å². The molecule has 1 aliphatic rings. The zero-order valence-corrected chi connectivity index (χ0v) is 14.2. The van der Waals surface area contributed by atoms with Gasteiger partial charge in [0, 0.05) is 28.5 Å². The smallest absolute Gasteiger partial charge is 0.259 e. The molecule has 0 fully saturated rings. The maximum absolute atomic E-state index is 13.1. The second kappa shape index (κ2) is 5.91. The Bertz CT molecular complexity index is 973. The Kier molecular flexibility index (Phi) is 3.73. The van der Waals surface area contributed by atoms with E-state index in [-0.39, 0.29) is 22.9 Å². The summed E-state index contributed by atoms with van der Waals surface area (Å²) in [5.74, 6) is -0.175. The Morgan fingerprint density at radius 1 is 1.33 bits per heavy atom. The van der Waals surface area contributed by atoms with Gasteiger partial charge in [0.2, 0.25) is 5.43 Å². The Morgan fingerprint density at radius 3 is 3.00 bits per heavy atom. The molecule has 1 N–H and O–H groups in total. The molecule has 0 aliphatic carbocycles. The quantitative estimate of drug-likeness (QED) is 0.774. The number of nitrogens with one attached hydrogen (secondary N) is 1. The van der Waals surface area contributed by atoms with E-state index in [1.807, 2.05) is 23.1 Å². The molecule has 5 heteroatoms. The van der Waals surface area contributed by atoms with Gasteiger partial charge in [-0.2, -0.15) is 0 Å². The van der Waals surface area contributed by atoms with Gasteiger partial charge >= 0.3 is 0 Å². The van der Waals surface area contributed by atoms with Crippen LogP contribution >= 0.6 is 11.3 Å². The lowest BCUT2D eigenvalue weighted by molar-refractivity contribution is 0.0656. The Balaban J connectivity index is 1.77. The second-order valence-corrected chi connectivity index (χ2v) is 7.05. The number of thiophene rings is 1. The number of benzene rings is 1. The average Bonchev–Trinajstić information content (AvgIpc) is 3.09. The molecule has 3 aromatic rings. The number of rotatable bonds is 2. The van der Waals surface area contributed by atoms with Crippen LogP contribution in [0.5, 0.6) is 0 Å². The molecule has 1 amide bonds. The van der Waals surface area contributed by atoms with Crippen molar-refractivity contribution in [3.63, 3.8) is 0 Å². The highest BCUT2D eigenvalue weighted by Gasteiger charge is 2.32. The molecule has 4 nitrogen and oxygen atoms in total. The summed E-state index contributed by atoms with van der Waals surface area (Å²) < 4.78 is 0. The van der Waals surface area contributed by atoms with Gasteiger partial charge in [-0.1, -0.05) is 19.1 Å². The third-order valence-electron chi connectivity index (χ3n) is 4.76. The number of H-pyrrole nitrogens is 1. The standard InChI is InChI=1S/C19H18N2O2S/c1-2-16-13-8-10-24-17(13)7-9-21(16)19(23)14-11-20-15-6-4-3-5-12(15)18(14)22/h3-6,8,10-11,16H,2,7,9H2,1H3,(H,20,22)/t16-/m0/s1. The molecule has 1 aromatic carbocycles. The van der Waals surface area contributed by atoms with Crippen LogP contribution in [0.2, 0.25) is 0 Å². The summed E-state index contributed by atoms with van der Waals surface area (Å²) in [6, 6.07) is 9.46. The lowest BCUT2D eigenvalue weighted by Gasteiger charge is -2.35. The van der Waals surface area contributed by atoms with E-state index >= 15 is 0 Å². The molecule has 1 aliphatic heterocycles. The van der Waals surface area contributed by atoms with E-state index in [0.29, 0.717) is 11.9 Å². The minimum absolute atomic E-state index is 0.0540. The van der Waals surface area contributed by atoms with Crippen molar-refractivity contribution in [3.05, 3.63) is 68.1 Å². The highest BCUT2D eigenvalue weighted by atomic mass is 32.1. The fourth-order valence-electron chi connectivity index (χ4n) is 3.56. The van der Waals surface area contributed by atoms with Crippen LogP contribution in [0.3, 0.4) is 0 Å². The van der Waals surface area contributed by atoms with Gasteiger partial charge in [-0.25, -0.2) is 0 Å². The van der Waals surface area contributed by atoms with E-state index in [2.05, 4.69) is 23.4 Å². The number of aromatic nitrogens is 1. The highest BCUT2D eigenvalue weighted by Crippen LogP contribution is 2.35. The summed E-state index contributed by atoms with van der Waals surface area (Å²) in [6.07, 6.45) is 3.27. The summed E-state index contributed by atoms with van der Waals surface area (Å²) in [5, 5.41) is 2.65. The number of nitrogens with zero attached hydrogens (tertiary/aromatic N) is 1. The van der Waals surface area contributed by atoms with Gasteiger partial charge in [0.15, 0.2) is 0 Å². The zero-order chi connectivity index (χ0) is 16.7. The van der Waals surface area contributed by atoms with Gasteiger partial charge in [-0.05, 0) is 42.0 Å². The fraction of sp³-hybridized carbons (Fsp3) is 0.263. The first-order valence-electron chi connectivity index (χ1n) is 8.18. The van der Waals surface area contributed by atoms with Gasteiger partial charge in [-0.3, -0.25) is 9.59 Å².